The van der Waals surface area contributed by atoms with E-state index in [-0.39, 0.29) is 23.7 Å². The molecule has 1 saturated carbocycles. The highest BCUT2D eigenvalue weighted by Crippen LogP contribution is 2.54. The van der Waals surface area contributed by atoms with Gasteiger partial charge in [0.25, 0.3) is 11.6 Å². The number of rotatable bonds is 6. The van der Waals surface area contributed by atoms with Gasteiger partial charge in [-0.15, -0.1) is 0 Å². The van der Waals surface area contributed by atoms with Crippen LogP contribution in [-0.2, 0) is 0 Å². The fourth-order valence-corrected chi connectivity index (χ4v) is 6.24. The third-order valence-electron chi connectivity index (χ3n) is 8.09. The van der Waals surface area contributed by atoms with Crippen LogP contribution in [0.15, 0.2) is 70.9 Å². The number of allylic oxidation sites excluding steroid dienone is 1. The van der Waals surface area contributed by atoms with Crippen LogP contribution in [0.3, 0.4) is 0 Å². The summed E-state index contributed by atoms with van der Waals surface area (Å²) in [6.07, 6.45) is 3.69. The highest BCUT2D eigenvalue weighted by atomic mass is 19.1. The molecule has 2 fully saturated rings. The molecule has 2 aliphatic rings. The Kier molecular flexibility index (Phi) is 6.34. The zero-order valence-electron chi connectivity index (χ0n) is 22.8. The number of hydrogen-bond donors (Lipinski definition) is 1. The van der Waals surface area contributed by atoms with Gasteiger partial charge >= 0.3 is 0 Å². The second-order valence-electron chi connectivity index (χ2n) is 11.6. The summed E-state index contributed by atoms with van der Waals surface area (Å²) in [6.45, 7) is 8.31. The number of aromatic nitrogens is 2. The van der Waals surface area contributed by atoms with E-state index in [0.29, 0.717) is 16.7 Å². The van der Waals surface area contributed by atoms with Crippen LogP contribution in [-0.4, -0.2) is 41.1 Å². The van der Waals surface area contributed by atoms with Crippen molar-refractivity contribution < 1.29 is 13.7 Å². The minimum absolute atomic E-state index is 0.166. The number of hydrogen-bond acceptors (Lipinski definition) is 5. The van der Waals surface area contributed by atoms with Crippen molar-refractivity contribution in [2.45, 2.75) is 45.6 Å². The molecule has 7 heteroatoms. The van der Waals surface area contributed by atoms with Crippen LogP contribution < -0.4 is 5.32 Å². The van der Waals surface area contributed by atoms with E-state index >= 15 is 0 Å². The van der Waals surface area contributed by atoms with E-state index in [0.717, 1.165) is 53.7 Å². The predicted octanol–water partition coefficient (Wildman–Crippen LogP) is 6.50. The summed E-state index contributed by atoms with van der Waals surface area (Å²) < 4.78 is 19.0. The fraction of sp³-hybridized carbons (Fsp3) is 0.344. The molecule has 1 aliphatic carbocycles. The van der Waals surface area contributed by atoms with Gasteiger partial charge in [0.1, 0.15) is 5.82 Å². The van der Waals surface area contributed by atoms with Crippen molar-refractivity contribution in [2.24, 2.45) is 5.41 Å². The molecule has 6 rings (SSSR count). The third kappa shape index (κ3) is 4.76. The number of carbonyl (C=O) groups excluding carboxylic acids is 1. The lowest BCUT2D eigenvalue weighted by molar-refractivity contribution is -0.0106. The summed E-state index contributed by atoms with van der Waals surface area (Å²) >= 11 is 0. The highest BCUT2D eigenvalue weighted by molar-refractivity contribution is 5.97. The minimum Gasteiger partial charge on any atom is -0.345 e. The molecule has 4 aromatic rings. The Hall–Kier alpha value is -3.84. The normalized spacial score (nSPS) is 17.2. The van der Waals surface area contributed by atoms with Crippen molar-refractivity contribution >= 4 is 22.6 Å². The summed E-state index contributed by atoms with van der Waals surface area (Å²) in [5, 5.41) is 7.96. The van der Waals surface area contributed by atoms with E-state index < -0.39 is 0 Å². The summed E-state index contributed by atoms with van der Waals surface area (Å²) in [4.78, 5) is 19.7. The van der Waals surface area contributed by atoms with Gasteiger partial charge in [-0.1, -0.05) is 61.0 Å². The van der Waals surface area contributed by atoms with Crippen molar-refractivity contribution in [3.8, 4) is 0 Å². The molecule has 6 nitrogen and oxygen atoms in total. The zero-order valence-corrected chi connectivity index (χ0v) is 22.8. The number of amides is 1. The topological polar surface area (TPSA) is 71.3 Å². The first-order valence-corrected chi connectivity index (χ1v) is 13.5. The van der Waals surface area contributed by atoms with Crippen LogP contribution in [0.25, 0.3) is 16.7 Å². The van der Waals surface area contributed by atoms with Gasteiger partial charge in [0.2, 0.25) is 0 Å². The van der Waals surface area contributed by atoms with Crippen LogP contribution in [0.5, 0.6) is 0 Å². The Morgan fingerprint density at radius 3 is 2.26 bits per heavy atom. The Bertz CT molecular complexity index is 1550. The Morgan fingerprint density at radius 1 is 1.00 bits per heavy atom. The van der Waals surface area contributed by atoms with Crippen LogP contribution in [0, 0.1) is 11.2 Å². The molecule has 0 bridgehead atoms. The monoisotopic (exact) mass is 524 g/mol. The maximum atomic E-state index is 13.7. The Morgan fingerprint density at radius 2 is 1.64 bits per heavy atom. The van der Waals surface area contributed by atoms with E-state index in [1.54, 1.807) is 6.07 Å². The smallest absolute Gasteiger partial charge is 0.257 e. The number of likely N-dealkylation sites (tertiary alicyclic amines) is 1. The SMILES string of the molecule is CC(C)c1noc2ncc(C(=O)N[C@H](C)c3ccc(C(=C4CC5(C4)CN(C)C5)c4ccc(F)cc4)cc3)cc12. The maximum Gasteiger partial charge on any atom is 0.257 e. The molecular weight excluding hydrogens is 491 g/mol. The first-order chi connectivity index (χ1) is 18.7. The fourth-order valence-electron chi connectivity index (χ4n) is 6.24. The molecule has 1 N–H and O–H groups in total. The standard InChI is InChI=1S/C32H33FN4O2/c1-19(2)29-27-13-24(16-34-31(27)39-36-29)30(38)35-20(3)21-5-7-22(8-6-21)28(23-9-11-26(33)12-10-23)25-14-32(15-25)17-37(4)18-32/h5-13,16,19-20H,14-15,17-18H2,1-4H3,(H,35,38)/t20-/m1/s1. The van der Waals surface area contributed by atoms with E-state index in [1.807, 2.05) is 32.9 Å². The quantitative estimate of drug-likeness (QED) is 0.312. The van der Waals surface area contributed by atoms with Crippen molar-refractivity contribution in [1.82, 2.24) is 20.4 Å². The van der Waals surface area contributed by atoms with E-state index in [1.165, 1.54) is 29.5 Å². The lowest BCUT2D eigenvalue weighted by Crippen LogP contribution is -2.58. The third-order valence-corrected chi connectivity index (χ3v) is 8.09. The van der Waals surface area contributed by atoms with E-state index in [2.05, 4.69) is 51.7 Å². The molecule has 1 atom stereocenters. The number of pyridine rings is 1. The summed E-state index contributed by atoms with van der Waals surface area (Å²) in [6, 6.07) is 16.8. The number of benzene rings is 2. The molecule has 0 radical (unpaired) electrons. The summed E-state index contributed by atoms with van der Waals surface area (Å²) in [5.41, 5.74) is 7.91. The van der Waals surface area contributed by atoms with Gasteiger partial charge < -0.3 is 14.7 Å². The first-order valence-electron chi connectivity index (χ1n) is 13.5. The second kappa shape index (κ2) is 9.72. The zero-order chi connectivity index (χ0) is 27.3. The van der Waals surface area contributed by atoms with Gasteiger partial charge in [-0.2, -0.15) is 0 Å². The first kappa shape index (κ1) is 25.4. The van der Waals surface area contributed by atoms with Crippen molar-refractivity contribution in [3.05, 3.63) is 100 Å². The molecule has 200 valence electrons. The molecule has 39 heavy (non-hydrogen) atoms. The number of carbonyl (C=O) groups is 1. The lowest BCUT2D eigenvalue weighted by atomic mass is 9.59. The van der Waals surface area contributed by atoms with Crippen LogP contribution in [0.4, 0.5) is 4.39 Å². The van der Waals surface area contributed by atoms with Crippen molar-refractivity contribution in [3.63, 3.8) is 0 Å². The average Bonchev–Trinajstić information content (AvgIpc) is 3.31. The highest BCUT2D eigenvalue weighted by Gasteiger charge is 2.49. The summed E-state index contributed by atoms with van der Waals surface area (Å²) in [7, 11) is 2.17. The van der Waals surface area contributed by atoms with E-state index in [9.17, 15) is 9.18 Å². The van der Waals surface area contributed by atoms with Gasteiger partial charge in [-0.05, 0) is 73.2 Å². The van der Waals surface area contributed by atoms with Gasteiger partial charge in [-0.25, -0.2) is 9.37 Å². The largest absolute Gasteiger partial charge is 0.345 e. The number of nitrogens with one attached hydrogen (secondary N) is 1. The second-order valence-corrected chi connectivity index (χ2v) is 11.6. The Labute approximate surface area is 227 Å². The molecule has 0 unspecified atom stereocenters. The molecule has 1 saturated heterocycles. The molecule has 2 aromatic carbocycles. The molecule has 1 spiro atoms. The molecule has 2 aromatic heterocycles. The van der Waals surface area contributed by atoms with Gasteiger partial charge in [0.15, 0.2) is 0 Å². The van der Waals surface area contributed by atoms with Crippen LogP contribution in [0.2, 0.25) is 0 Å². The van der Waals surface area contributed by atoms with Crippen molar-refractivity contribution in [2.75, 3.05) is 20.1 Å². The molecule has 1 amide bonds. The van der Waals surface area contributed by atoms with Crippen LogP contribution in [0.1, 0.15) is 78.3 Å². The van der Waals surface area contributed by atoms with E-state index in [4.69, 9.17) is 4.52 Å². The van der Waals surface area contributed by atoms with Gasteiger partial charge in [-0.3, -0.25) is 4.79 Å². The number of fused-ring (bicyclic) bond motifs is 1. The average molecular weight is 525 g/mol. The number of halogens is 1. The Balaban J connectivity index is 1.21. The molecule has 3 heterocycles. The minimum atomic E-state index is -0.229. The van der Waals surface area contributed by atoms with Crippen molar-refractivity contribution in [1.29, 1.82) is 0 Å². The predicted molar refractivity (Wildman–Crippen MR) is 150 cm³/mol. The molecular formula is C32H33FN4O2. The van der Waals surface area contributed by atoms with Gasteiger partial charge in [0, 0.05) is 24.7 Å². The van der Waals surface area contributed by atoms with Crippen LogP contribution >= 0.6 is 0 Å². The lowest BCUT2D eigenvalue weighted by Gasteiger charge is -2.56. The number of nitrogens with zero attached hydrogens (tertiary/aromatic N) is 3. The van der Waals surface area contributed by atoms with Gasteiger partial charge in [0.05, 0.1) is 22.7 Å². The molecule has 1 aliphatic heterocycles. The maximum absolute atomic E-state index is 13.7. The summed E-state index contributed by atoms with van der Waals surface area (Å²) in [5.74, 6) is -0.261.